The van der Waals surface area contributed by atoms with E-state index in [1.807, 2.05) is 0 Å². The van der Waals surface area contributed by atoms with Crippen LogP contribution in [0.3, 0.4) is 0 Å². The Labute approximate surface area is 227 Å². The lowest BCUT2D eigenvalue weighted by Crippen LogP contribution is -2.42. The molecule has 4 aliphatic carbocycles. The molecular formula is C30H44N2O6. The molecule has 210 valence electrons. The van der Waals surface area contributed by atoms with E-state index in [2.05, 4.69) is 34.6 Å². The van der Waals surface area contributed by atoms with Gasteiger partial charge in [-0.25, -0.2) is 14.4 Å². The molecule has 2 N–H and O–H groups in total. The molecule has 2 unspecified atom stereocenters. The molecule has 0 radical (unpaired) electrons. The normalized spacial score (nSPS) is 29.7. The number of ether oxygens (including phenoxy) is 3. The summed E-state index contributed by atoms with van der Waals surface area (Å²) in [5, 5.41) is 5.49. The number of carbonyl (C=O) groups is 3. The minimum Gasteiger partial charge on any atom is -0.464 e. The lowest BCUT2D eigenvalue weighted by Gasteiger charge is -2.17. The van der Waals surface area contributed by atoms with Crippen LogP contribution in [-0.2, 0) is 19.0 Å². The summed E-state index contributed by atoms with van der Waals surface area (Å²) in [6, 6.07) is -0.762. The third kappa shape index (κ3) is 8.41. The molecule has 8 nitrogen and oxygen atoms in total. The van der Waals surface area contributed by atoms with Crippen molar-refractivity contribution in [2.45, 2.75) is 83.6 Å². The molecule has 0 aromatic heterocycles. The highest BCUT2D eigenvalue weighted by atomic mass is 16.6. The van der Waals surface area contributed by atoms with Crippen LogP contribution in [-0.4, -0.2) is 50.6 Å². The van der Waals surface area contributed by atoms with Crippen LogP contribution in [0.4, 0.5) is 9.59 Å². The fourth-order valence-corrected chi connectivity index (χ4v) is 6.46. The van der Waals surface area contributed by atoms with Crippen LogP contribution >= 0.6 is 0 Å². The van der Waals surface area contributed by atoms with Crippen LogP contribution in [0.15, 0.2) is 12.2 Å². The van der Waals surface area contributed by atoms with Gasteiger partial charge < -0.3 is 24.8 Å². The van der Waals surface area contributed by atoms with E-state index in [4.69, 9.17) is 14.2 Å². The predicted molar refractivity (Wildman–Crippen MR) is 143 cm³/mol. The zero-order valence-corrected chi connectivity index (χ0v) is 22.8. The van der Waals surface area contributed by atoms with Crippen molar-refractivity contribution in [2.75, 3.05) is 26.4 Å². The molecule has 0 heterocycles. The van der Waals surface area contributed by atoms with Crippen LogP contribution in [0.5, 0.6) is 0 Å². The van der Waals surface area contributed by atoms with E-state index < -0.39 is 24.2 Å². The summed E-state index contributed by atoms with van der Waals surface area (Å²) in [5.74, 6) is 9.42. The maximum Gasteiger partial charge on any atom is 0.407 e. The molecule has 0 aliphatic heterocycles. The molecule has 2 amide bonds. The fraction of sp³-hybridized carbons (Fsp3) is 0.767. The third-order valence-electron chi connectivity index (χ3n) is 8.71. The zero-order valence-electron chi connectivity index (χ0n) is 22.8. The lowest BCUT2D eigenvalue weighted by molar-refractivity contribution is -0.145. The first-order valence-corrected chi connectivity index (χ1v) is 14.7. The van der Waals surface area contributed by atoms with Crippen molar-refractivity contribution in [1.29, 1.82) is 0 Å². The minimum absolute atomic E-state index is 0.245. The number of hydrogen-bond donors (Lipinski definition) is 2. The Morgan fingerprint density at radius 1 is 0.816 bits per heavy atom. The largest absolute Gasteiger partial charge is 0.464 e. The van der Waals surface area contributed by atoms with Gasteiger partial charge in [-0.1, -0.05) is 12.2 Å². The van der Waals surface area contributed by atoms with E-state index in [9.17, 15) is 14.4 Å². The van der Waals surface area contributed by atoms with Crippen molar-refractivity contribution < 1.29 is 28.6 Å². The molecule has 38 heavy (non-hydrogen) atoms. The average molecular weight is 529 g/mol. The van der Waals surface area contributed by atoms with Gasteiger partial charge in [-0.15, -0.1) is 11.8 Å². The Morgan fingerprint density at radius 2 is 1.39 bits per heavy atom. The molecule has 7 atom stereocenters. The van der Waals surface area contributed by atoms with Gasteiger partial charge in [-0.3, -0.25) is 0 Å². The number of carbonyl (C=O) groups excluding carboxylic acids is 3. The molecule has 0 bridgehead atoms. The summed E-state index contributed by atoms with van der Waals surface area (Å²) in [5.41, 5.74) is 0. The number of esters is 1. The van der Waals surface area contributed by atoms with Crippen LogP contribution < -0.4 is 10.6 Å². The first kappa shape index (κ1) is 28.3. The predicted octanol–water partition coefficient (Wildman–Crippen LogP) is 4.97. The van der Waals surface area contributed by atoms with Crippen LogP contribution in [0.2, 0.25) is 0 Å². The average Bonchev–Trinajstić information content (AvgIpc) is 3.73. The molecule has 0 aromatic rings. The van der Waals surface area contributed by atoms with Gasteiger partial charge in [0.1, 0.15) is 6.04 Å². The maximum atomic E-state index is 12.4. The molecule has 2 saturated carbocycles. The Morgan fingerprint density at radius 3 is 2.00 bits per heavy atom. The third-order valence-corrected chi connectivity index (χ3v) is 8.71. The molecule has 4 aliphatic rings. The van der Waals surface area contributed by atoms with E-state index in [1.54, 1.807) is 6.92 Å². The monoisotopic (exact) mass is 528 g/mol. The highest BCUT2D eigenvalue weighted by molar-refractivity contribution is 5.81. The van der Waals surface area contributed by atoms with E-state index >= 15 is 0 Å². The van der Waals surface area contributed by atoms with Crippen molar-refractivity contribution in [2.24, 2.45) is 35.5 Å². The van der Waals surface area contributed by atoms with Crippen LogP contribution in [0.1, 0.15) is 77.6 Å². The van der Waals surface area contributed by atoms with E-state index in [0.717, 1.165) is 51.4 Å². The quantitative estimate of drug-likeness (QED) is 0.122. The van der Waals surface area contributed by atoms with E-state index in [1.165, 1.54) is 0 Å². The van der Waals surface area contributed by atoms with Gasteiger partial charge >= 0.3 is 18.2 Å². The molecule has 0 aromatic carbocycles. The van der Waals surface area contributed by atoms with Gasteiger partial charge in [-0.05, 0) is 100 Å². The minimum atomic E-state index is -0.762. The topological polar surface area (TPSA) is 103 Å². The second kappa shape index (κ2) is 14.5. The fourth-order valence-electron chi connectivity index (χ4n) is 6.46. The van der Waals surface area contributed by atoms with Crippen LogP contribution in [0.25, 0.3) is 0 Å². The summed E-state index contributed by atoms with van der Waals surface area (Å²) in [6.07, 6.45) is 13.9. The van der Waals surface area contributed by atoms with Crippen LogP contribution in [0, 0.1) is 47.3 Å². The van der Waals surface area contributed by atoms with Crippen molar-refractivity contribution in [3.05, 3.63) is 12.2 Å². The van der Waals surface area contributed by atoms with Crippen molar-refractivity contribution >= 4 is 18.2 Å². The first-order valence-electron chi connectivity index (χ1n) is 14.7. The number of hydrogen-bond acceptors (Lipinski definition) is 6. The first-order chi connectivity index (χ1) is 18.6. The number of nitrogens with one attached hydrogen (secondary N) is 2. The lowest BCUT2D eigenvalue weighted by atomic mass is 10.1. The Balaban J connectivity index is 1.08. The van der Waals surface area contributed by atoms with Gasteiger partial charge in [0, 0.05) is 19.4 Å². The zero-order chi connectivity index (χ0) is 26.7. The summed E-state index contributed by atoms with van der Waals surface area (Å²) in [4.78, 5) is 36.9. The second-order valence-corrected chi connectivity index (χ2v) is 11.1. The van der Waals surface area contributed by atoms with Crippen molar-refractivity contribution in [1.82, 2.24) is 10.6 Å². The van der Waals surface area contributed by atoms with Gasteiger partial charge in [0.2, 0.25) is 0 Å². The molecular weight excluding hydrogens is 484 g/mol. The Hall–Kier alpha value is -2.69. The molecule has 0 saturated heterocycles. The van der Waals surface area contributed by atoms with Gasteiger partial charge in [0.25, 0.3) is 0 Å². The summed E-state index contributed by atoms with van der Waals surface area (Å²) >= 11 is 0. The smallest absolute Gasteiger partial charge is 0.407 e. The standard InChI is InChI=1S/C30H44N2O6/c1-2-36-28(33)27(32-30(35)38-20-26-23-15-9-5-6-10-16-24(23)26)17-11-12-18-31-29(34)37-19-25-21-13-7-3-4-8-14-22(21)25/h5-6,21-27H,2,7-20H2,1H3,(H,31,34)(H,32,35)/t21-,22+,23-,24+,25?,26?,27-/m0/s1. The molecule has 0 spiro atoms. The number of alkyl carbamates (subject to hydrolysis) is 2. The Kier molecular flexibility index (Phi) is 10.8. The van der Waals surface area contributed by atoms with Crippen molar-refractivity contribution in [3.8, 4) is 11.8 Å². The van der Waals surface area contributed by atoms with Gasteiger partial charge in [0.15, 0.2) is 0 Å². The van der Waals surface area contributed by atoms with E-state index in [-0.39, 0.29) is 6.61 Å². The summed E-state index contributed by atoms with van der Waals surface area (Å²) in [7, 11) is 0. The van der Waals surface area contributed by atoms with Gasteiger partial charge in [-0.2, -0.15) is 0 Å². The Bertz CT molecular complexity index is 874. The number of rotatable bonds is 12. The molecule has 4 rings (SSSR count). The maximum absolute atomic E-state index is 12.4. The second-order valence-electron chi connectivity index (χ2n) is 11.1. The molecule has 8 heteroatoms. The SMILES string of the molecule is CCOC(=O)[C@H](CCCCNC(=O)OCC1[C@H]2CCC#CCC[C@@H]12)NC(=O)OCC1[C@H]2CCC=CCC[C@@H]12. The summed E-state index contributed by atoms with van der Waals surface area (Å²) < 4.78 is 16.1. The molecule has 2 fully saturated rings. The number of unbranched alkanes of at least 4 members (excludes halogenated alkanes) is 1. The highest BCUT2D eigenvalue weighted by Crippen LogP contribution is 2.53. The highest BCUT2D eigenvalue weighted by Gasteiger charge is 2.50. The number of amides is 2. The van der Waals surface area contributed by atoms with Crippen molar-refractivity contribution in [3.63, 3.8) is 0 Å². The number of allylic oxidation sites excluding steroid dienone is 2. The van der Waals surface area contributed by atoms with E-state index in [0.29, 0.717) is 74.5 Å². The summed E-state index contributed by atoms with van der Waals surface area (Å²) in [6.45, 7) is 3.31. The number of fused-ring (bicyclic) bond motifs is 2. The van der Waals surface area contributed by atoms with Gasteiger partial charge in [0.05, 0.1) is 19.8 Å².